The number of aliphatic hydroxyl groups excluding tert-OH is 1. The van der Waals surface area contributed by atoms with E-state index in [2.05, 4.69) is 10.2 Å². The smallest absolute Gasteiger partial charge is 0.330 e. The molecule has 1 amide bonds. The molecule has 1 fully saturated rings. The number of β-amino-alcohol motifs (C(OH)–C–C–N with tert-alkyl or cyclic N) is 1. The van der Waals surface area contributed by atoms with Crippen LogP contribution in [-0.4, -0.2) is 56.3 Å². The lowest BCUT2D eigenvalue weighted by atomic mass is 9.98. The van der Waals surface area contributed by atoms with Crippen molar-refractivity contribution >= 4 is 34.8 Å². The summed E-state index contributed by atoms with van der Waals surface area (Å²) >= 11 is 13.8. The van der Waals surface area contributed by atoms with Crippen molar-refractivity contribution in [2.75, 3.05) is 25.5 Å². The van der Waals surface area contributed by atoms with Gasteiger partial charge in [-0.05, 0) is 30.5 Å². The van der Waals surface area contributed by atoms with E-state index in [1.807, 2.05) is 24.3 Å². The van der Waals surface area contributed by atoms with Gasteiger partial charge in [0.25, 0.3) is 11.5 Å². The van der Waals surface area contributed by atoms with Crippen LogP contribution in [0.15, 0.2) is 58.3 Å². The van der Waals surface area contributed by atoms with Crippen molar-refractivity contribution in [2.24, 2.45) is 14.1 Å². The fraction of sp³-hybridized carbons (Fsp3) is 0.290. The van der Waals surface area contributed by atoms with Gasteiger partial charge >= 0.3 is 5.69 Å². The number of nitrogens with one attached hydrogen (secondary N) is 1. The molecule has 12 heteroatoms. The molecule has 2 aromatic carbocycles. The minimum atomic E-state index is -0.713. The first-order valence-electron chi connectivity index (χ1n) is 13.7. The van der Waals surface area contributed by atoms with Gasteiger partial charge in [0.2, 0.25) is 5.88 Å². The van der Waals surface area contributed by atoms with Gasteiger partial charge < -0.3 is 19.7 Å². The molecule has 1 aliphatic carbocycles. The molecule has 2 aliphatic rings. The monoisotopic (exact) mass is 621 g/mol. The number of carbonyl (C=O) groups excluding carboxylic acids is 1. The van der Waals surface area contributed by atoms with Crippen molar-refractivity contribution < 1.29 is 14.6 Å². The Morgan fingerprint density at radius 3 is 2.42 bits per heavy atom. The summed E-state index contributed by atoms with van der Waals surface area (Å²) in [5.41, 5.74) is 3.59. The van der Waals surface area contributed by atoms with Gasteiger partial charge in [-0.25, -0.2) is 9.78 Å². The van der Waals surface area contributed by atoms with Crippen molar-refractivity contribution in [3.05, 3.63) is 96.2 Å². The van der Waals surface area contributed by atoms with Crippen LogP contribution < -0.4 is 21.3 Å². The number of hydrogen-bond acceptors (Lipinski definition) is 7. The topological polar surface area (TPSA) is 119 Å². The highest BCUT2D eigenvalue weighted by atomic mass is 35.5. The van der Waals surface area contributed by atoms with Crippen LogP contribution in [-0.2, 0) is 20.5 Å². The minimum absolute atomic E-state index is 0.161. The molecule has 1 saturated heterocycles. The molecular formula is C31H29Cl2N5O5. The lowest BCUT2D eigenvalue weighted by Gasteiger charge is -2.40. The lowest BCUT2D eigenvalue weighted by molar-refractivity contribution is -0.0256. The van der Waals surface area contributed by atoms with E-state index < -0.39 is 17.2 Å². The van der Waals surface area contributed by atoms with Crippen LogP contribution >= 0.6 is 23.2 Å². The number of nitrogens with zero attached hydrogens (tertiary/aromatic N) is 4. The standard InChI is InChI=1S/C31H29Cl2N5O5/c1-36-15-21(30(41)37(2)31(36)42)28(40)34-22-9-5-7-19(27(22)33)18-6-4-8-20(26(18)32)23-12-16-10-11-24(38-13-17(39)14-38)25(16)29(35-23)43-3/h4-9,12,15,17,24,39H,10-11,13-14H2,1-3H3,(H,34,40)/t24-/m1/s1. The highest BCUT2D eigenvalue weighted by molar-refractivity contribution is 6.39. The third-order valence-corrected chi connectivity index (χ3v) is 8.97. The number of halogens is 2. The van der Waals surface area contributed by atoms with Crippen LogP contribution in [0.25, 0.3) is 22.4 Å². The number of methoxy groups -OCH3 is 1. The maximum Gasteiger partial charge on any atom is 0.330 e. The SMILES string of the molecule is COc1nc(-c2cccc(-c3cccc(NC(=O)c4cn(C)c(=O)n(C)c4=O)c3Cl)c2Cl)cc2c1[C@H](N1CC(O)C1)CC2. The average molecular weight is 623 g/mol. The summed E-state index contributed by atoms with van der Waals surface area (Å²) in [6, 6.07) is 12.9. The van der Waals surface area contributed by atoms with E-state index in [4.69, 9.17) is 32.9 Å². The number of anilines is 1. The number of pyridine rings is 1. The average Bonchev–Trinajstić information content (AvgIpc) is 3.40. The van der Waals surface area contributed by atoms with Crippen molar-refractivity contribution in [3.63, 3.8) is 0 Å². The van der Waals surface area contributed by atoms with Crippen LogP contribution in [0.3, 0.4) is 0 Å². The number of likely N-dealkylation sites (tertiary alicyclic amines) is 1. The summed E-state index contributed by atoms with van der Waals surface area (Å²) < 4.78 is 7.78. The fourth-order valence-corrected chi connectivity index (χ4v) is 6.51. The second-order valence-electron chi connectivity index (χ2n) is 10.8. The van der Waals surface area contributed by atoms with Crippen LogP contribution in [0.2, 0.25) is 10.0 Å². The van der Waals surface area contributed by atoms with E-state index in [0.717, 1.165) is 33.1 Å². The second kappa shape index (κ2) is 11.3. The Bertz CT molecular complexity index is 1900. The van der Waals surface area contributed by atoms with E-state index in [9.17, 15) is 19.5 Å². The van der Waals surface area contributed by atoms with Crippen molar-refractivity contribution in [3.8, 4) is 28.3 Å². The number of aliphatic hydroxyl groups is 1. The van der Waals surface area contributed by atoms with Crippen molar-refractivity contribution in [1.29, 1.82) is 0 Å². The Morgan fingerprint density at radius 1 is 1.05 bits per heavy atom. The summed E-state index contributed by atoms with van der Waals surface area (Å²) in [5, 5.41) is 13.2. The van der Waals surface area contributed by atoms with Gasteiger partial charge in [0.05, 0.1) is 34.6 Å². The molecule has 222 valence electrons. The van der Waals surface area contributed by atoms with E-state index >= 15 is 0 Å². The molecule has 0 spiro atoms. The number of benzene rings is 2. The molecule has 3 heterocycles. The fourth-order valence-electron chi connectivity index (χ4n) is 5.91. The first-order chi connectivity index (χ1) is 20.6. The maximum absolute atomic E-state index is 13.1. The number of carbonyl (C=O) groups is 1. The first kappa shape index (κ1) is 29.1. The van der Waals surface area contributed by atoms with Crippen LogP contribution in [0.1, 0.15) is 33.9 Å². The molecule has 0 bridgehead atoms. The van der Waals surface area contributed by atoms with Gasteiger partial charge in [-0.15, -0.1) is 0 Å². The molecule has 10 nitrogen and oxygen atoms in total. The molecule has 6 rings (SSSR count). The van der Waals surface area contributed by atoms with Gasteiger partial charge in [0.1, 0.15) is 5.56 Å². The van der Waals surface area contributed by atoms with Crippen LogP contribution in [0.4, 0.5) is 5.69 Å². The zero-order valence-corrected chi connectivity index (χ0v) is 25.2. The molecule has 1 atom stereocenters. The molecule has 2 aromatic heterocycles. The summed E-state index contributed by atoms with van der Waals surface area (Å²) in [6.07, 6.45) is 2.70. The maximum atomic E-state index is 13.1. The minimum Gasteiger partial charge on any atom is -0.481 e. The molecule has 2 N–H and O–H groups in total. The van der Waals surface area contributed by atoms with E-state index in [1.165, 1.54) is 20.3 Å². The molecular weight excluding hydrogens is 593 g/mol. The quantitative estimate of drug-likeness (QED) is 0.333. The highest BCUT2D eigenvalue weighted by Gasteiger charge is 2.38. The Balaban J connectivity index is 1.34. The molecule has 1 aliphatic heterocycles. The molecule has 4 aromatic rings. The largest absolute Gasteiger partial charge is 0.481 e. The lowest BCUT2D eigenvalue weighted by Crippen LogP contribution is -2.51. The number of rotatable bonds is 6. The molecule has 0 radical (unpaired) electrons. The number of hydrogen-bond donors (Lipinski definition) is 2. The number of aromatic nitrogens is 3. The number of amides is 1. The first-order valence-corrected chi connectivity index (χ1v) is 14.5. The Labute approximate surface area is 257 Å². The normalized spacial score (nSPS) is 16.6. The number of fused-ring (bicyclic) bond motifs is 1. The molecule has 43 heavy (non-hydrogen) atoms. The number of ether oxygens (including phenoxy) is 1. The Hall–Kier alpha value is -3.96. The van der Waals surface area contributed by atoms with Crippen molar-refractivity contribution in [1.82, 2.24) is 19.0 Å². The van der Waals surface area contributed by atoms with Gasteiger partial charge in [0.15, 0.2) is 0 Å². The van der Waals surface area contributed by atoms with Gasteiger partial charge in [0, 0.05) is 61.7 Å². The molecule has 0 saturated carbocycles. The van der Waals surface area contributed by atoms with E-state index in [1.54, 1.807) is 25.3 Å². The van der Waals surface area contributed by atoms with Gasteiger partial charge in [-0.2, -0.15) is 0 Å². The van der Waals surface area contributed by atoms with Crippen LogP contribution in [0.5, 0.6) is 5.88 Å². The Morgan fingerprint density at radius 2 is 1.72 bits per heavy atom. The van der Waals surface area contributed by atoms with Gasteiger partial charge in [-0.3, -0.25) is 19.1 Å². The van der Waals surface area contributed by atoms with Gasteiger partial charge in [-0.1, -0.05) is 53.5 Å². The third kappa shape index (κ3) is 5.04. The summed E-state index contributed by atoms with van der Waals surface area (Å²) in [5.74, 6) is -0.152. The van der Waals surface area contributed by atoms with Crippen LogP contribution in [0, 0.1) is 0 Å². The predicted molar refractivity (Wildman–Crippen MR) is 165 cm³/mol. The Kier molecular flexibility index (Phi) is 7.64. The number of aryl methyl sites for hydroxylation is 2. The zero-order valence-electron chi connectivity index (χ0n) is 23.7. The zero-order chi connectivity index (χ0) is 30.6. The predicted octanol–water partition coefficient (Wildman–Crippen LogP) is 4.04. The molecule has 0 unspecified atom stereocenters. The van der Waals surface area contributed by atoms with E-state index in [-0.39, 0.29) is 28.4 Å². The second-order valence-corrected chi connectivity index (χ2v) is 11.6. The summed E-state index contributed by atoms with van der Waals surface area (Å²) in [4.78, 5) is 44.8. The highest BCUT2D eigenvalue weighted by Crippen LogP contribution is 2.46. The third-order valence-electron chi connectivity index (χ3n) is 8.16. The van der Waals surface area contributed by atoms with Crippen molar-refractivity contribution in [2.45, 2.75) is 25.0 Å². The van der Waals surface area contributed by atoms with E-state index in [0.29, 0.717) is 46.4 Å². The summed E-state index contributed by atoms with van der Waals surface area (Å²) in [6.45, 7) is 1.29. The summed E-state index contributed by atoms with van der Waals surface area (Å²) in [7, 11) is 4.38.